The number of amides is 2. The fourth-order valence-electron chi connectivity index (χ4n) is 4.15. The Balaban J connectivity index is 2.07. The lowest BCUT2D eigenvalue weighted by molar-refractivity contribution is -0.141. The first-order valence-corrected chi connectivity index (χ1v) is 14.3. The average molecular weight is 554 g/mol. The van der Waals surface area contributed by atoms with Gasteiger partial charge in [-0.1, -0.05) is 67.1 Å². The highest BCUT2D eigenvalue weighted by Gasteiger charge is 2.35. The summed E-state index contributed by atoms with van der Waals surface area (Å²) in [7, 11) is -4.32. The van der Waals surface area contributed by atoms with E-state index in [0.29, 0.717) is 6.42 Å². The summed E-state index contributed by atoms with van der Waals surface area (Å²) in [5.74, 6) is -1.77. The molecule has 0 aliphatic carbocycles. The van der Waals surface area contributed by atoms with Crippen LogP contribution in [-0.4, -0.2) is 43.3 Å². The normalized spacial score (nSPS) is 12.5. The molecular weight excluding hydrogens is 517 g/mol. The summed E-state index contributed by atoms with van der Waals surface area (Å²) in [5.41, 5.74) is 1.02. The zero-order chi connectivity index (χ0) is 28.8. The molecule has 0 aliphatic heterocycles. The van der Waals surface area contributed by atoms with Gasteiger partial charge in [0.1, 0.15) is 18.4 Å². The van der Waals surface area contributed by atoms with E-state index in [2.05, 4.69) is 5.32 Å². The van der Waals surface area contributed by atoms with Crippen LogP contribution in [0.4, 0.5) is 10.1 Å². The third kappa shape index (κ3) is 7.66. The molecule has 0 saturated carbocycles. The molecule has 0 aromatic heterocycles. The van der Waals surface area contributed by atoms with Crippen LogP contribution in [-0.2, 0) is 26.2 Å². The molecule has 0 fully saturated rings. The molecule has 9 heteroatoms. The van der Waals surface area contributed by atoms with Crippen LogP contribution in [0, 0.1) is 12.7 Å². The molecule has 0 aliphatic rings. The first-order chi connectivity index (χ1) is 18.3. The number of aryl methyl sites for hydroxylation is 1. The highest BCUT2D eigenvalue weighted by Crippen LogP contribution is 2.27. The average Bonchev–Trinajstić information content (AvgIpc) is 2.88. The molecule has 3 rings (SSSR count). The molecule has 3 aromatic rings. The molecule has 0 bridgehead atoms. The van der Waals surface area contributed by atoms with Crippen molar-refractivity contribution in [2.45, 2.75) is 64.1 Å². The number of nitrogens with zero attached hydrogens (tertiary/aromatic N) is 2. The third-order valence-electron chi connectivity index (χ3n) is 6.09. The van der Waals surface area contributed by atoms with Crippen LogP contribution in [0.15, 0.2) is 83.8 Å². The summed E-state index contributed by atoms with van der Waals surface area (Å²) in [5, 5.41) is 2.93. The maximum atomic E-state index is 15.0. The van der Waals surface area contributed by atoms with Gasteiger partial charge < -0.3 is 10.2 Å². The lowest BCUT2D eigenvalue weighted by atomic mass is 10.1. The van der Waals surface area contributed by atoms with Crippen molar-refractivity contribution in [2.75, 3.05) is 10.8 Å². The summed E-state index contributed by atoms with van der Waals surface area (Å²) < 4.78 is 43.2. The van der Waals surface area contributed by atoms with Gasteiger partial charge in [-0.05, 0) is 63.9 Å². The Kier molecular flexibility index (Phi) is 9.50. The molecule has 1 atom stereocenters. The molecule has 2 amide bonds. The Labute approximate surface area is 230 Å². The zero-order valence-corrected chi connectivity index (χ0v) is 23.8. The van der Waals surface area contributed by atoms with Crippen LogP contribution < -0.4 is 9.62 Å². The Bertz CT molecular complexity index is 1390. The van der Waals surface area contributed by atoms with Gasteiger partial charge in [0.25, 0.3) is 10.0 Å². The van der Waals surface area contributed by atoms with Crippen molar-refractivity contribution in [3.63, 3.8) is 0 Å². The number of anilines is 1. The van der Waals surface area contributed by atoms with Gasteiger partial charge in [0.2, 0.25) is 11.8 Å². The smallest absolute Gasteiger partial charge is 0.264 e. The summed E-state index contributed by atoms with van der Waals surface area (Å²) in [4.78, 5) is 28.6. The standard InChI is InChI=1S/C30H36FN3O4S/c1-6-26(29(36)32-30(3,4)5)33(20-23-18-16-22(2)17-19-23)28(35)21-34(27-15-11-10-14-25(27)31)39(37,38)24-12-8-7-9-13-24/h7-19,26H,6,20-21H2,1-5H3,(H,32,36). The van der Waals surface area contributed by atoms with Gasteiger partial charge in [-0.2, -0.15) is 0 Å². The zero-order valence-electron chi connectivity index (χ0n) is 23.0. The van der Waals surface area contributed by atoms with E-state index in [-0.39, 0.29) is 23.0 Å². The minimum absolute atomic E-state index is 0.0751. The van der Waals surface area contributed by atoms with E-state index in [9.17, 15) is 22.4 Å². The van der Waals surface area contributed by atoms with E-state index in [4.69, 9.17) is 0 Å². The van der Waals surface area contributed by atoms with Crippen LogP contribution in [0.25, 0.3) is 0 Å². The van der Waals surface area contributed by atoms with E-state index < -0.39 is 39.9 Å². The second kappa shape index (κ2) is 12.4. The number of benzene rings is 3. The van der Waals surface area contributed by atoms with Crippen molar-refractivity contribution in [1.29, 1.82) is 0 Å². The number of para-hydroxylation sites is 1. The maximum Gasteiger partial charge on any atom is 0.264 e. The van der Waals surface area contributed by atoms with E-state index in [0.717, 1.165) is 21.5 Å². The van der Waals surface area contributed by atoms with Gasteiger partial charge in [-0.25, -0.2) is 12.8 Å². The molecule has 1 unspecified atom stereocenters. The van der Waals surface area contributed by atoms with E-state index in [1.165, 1.54) is 35.2 Å². The number of hydrogen-bond acceptors (Lipinski definition) is 4. The van der Waals surface area contributed by atoms with Gasteiger partial charge in [-0.3, -0.25) is 13.9 Å². The predicted octanol–water partition coefficient (Wildman–Crippen LogP) is 5.05. The number of nitrogens with one attached hydrogen (secondary N) is 1. The van der Waals surface area contributed by atoms with Crippen molar-refractivity contribution in [2.24, 2.45) is 0 Å². The lowest BCUT2D eigenvalue weighted by Gasteiger charge is -2.34. The van der Waals surface area contributed by atoms with Crippen molar-refractivity contribution >= 4 is 27.5 Å². The van der Waals surface area contributed by atoms with Crippen molar-refractivity contribution in [1.82, 2.24) is 10.2 Å². The summed E-state index contributed by atoms with van der Waals surface area (Å²) >= 11 is 0. The van der Waals surface area contributed by atoms with Gasteiger partial charge in [0, 0.05) is 12.1 Å². The minimum atomic E-state index is -4.32. The Morgan fingerprint density at radius 3 is 2.08 bits per heavy atom. The third-order valence-corrected chi connectivity index (χ3v) is 7.86. The fourth-order valence-corrected chi connectivity index (χ4v) is 5.59. The van der Waals surface area contributed by atoms with Crippen LogP contribution in [0.1, 0.15) is 45.2 Å². The maximum absolute atomic E-state index is 15.0. The molecule has 39 heavy (non-hydrogen) atoms. The minimum Gasteiger partial charge on any atom is -0.350 e. The lowest BCUT2D eigenvalue weighted by Crippen LogP contribution is -2.55. The van der Waals surface area contributed by atoms with Crippen molar-refractivity contribution in [3.05, 3.63) is 95.8 Å². The molecule has 1 N–H and O–H groups in total. The Morgan fingerprint density at radius 2 is 1.51 bits per heavy atom. The molecule has 0 saturated heterocycles. The first-order valence-electron chi connectivity index (χ1n) is 12.8. The van der Waals surface area contributed by atoms with Crippen LogP contribution in [0.2, 0.25) is 0 Å². The molecule has 0 heterocycles. The number of carbonyl (C=O) groups is 2. The summed E-state index contributed by atoms with van der Waals surface area (Å²) in [6.45, 7) is 8.65. The second-order valence-electron chi connectivity index (χ2n) is 10.4. The van der Waals surface area contributed by atoms with Crippen LogP contribution in [0.5, 0.6) is 0 Å². The van der Waals surface area contributed by atoms with Gasteiger partial charge in [0.05, 0.1) is 10.6 Å². The highest BCUT2D eigenvalue weighted by atomic mass is 32.2. The molecule has 208 valence electrons. The fraction of sp³-hybridized carbons (Fsp3) is 0.333. The molecule has 0 spiro atoms. The van der Waals surface area contributed by atoms with Crippen LogP contribution in [0.3, 0.4) is 0 Å². The first kappa shape index (κ1) is 29.8. The molecule has 3 aromatic carbocycles. The molecule has 0 radical (unpaired) electrons. The predicted molar refractivity (Wildman–Crippen MR) is 151 cm³/mol. The van der Waals surface area contributed by atoms with E-state index >= 15 is 0 Å². The highest BCUT2D eigenvalue weighted by molar-refractivity contribution is 7.92. The summed E-state index contributed by atoms with van der Waals surface area (Å²) in [6.07, 6.45) is 0.296. The van der Waals surface area contributed by atoms with Gasteiger partial charge in [0.15, 0.2) is 0 Å². The van der Waals surface area contributed by atoms with Gasteiger partial charge >= 0.3 is 0 Å². The largest absolute Gasteiger partial charge is 0.350 e. The second-order valence-corrected chi connectivity index (χ2v) is 12.3. The topological polar surface area (TPSA) is 86.8 Å². The Morgan fingerprint density at radius 1 is 0.923 bits per heavy atom. The number of hydrogen-bond donors (Lipinski definition) is 1. The summed E-state index contributed by atoms with van der Waals surface area (Å²) in [6, 6.07) is 19.6. The van der Waals surface area contributed by atoms with E-state index in [1.807, 2.05) is 52.0 Å². The SMILES string of the molecule is CCC(C(=O)NC(C)(C)C)N(Cc1ccc(C)cc1)C(=O)CN(c1ccccc1F)S(=O)(=O)c1ccccc1. The van der Waals surface area contributed by atoms with Crippen LogP contribution >= 0.6 is 0 Å². The molecular formula is C30H36FN3O4S. The van der Waals surface area contributed by atoms with Crippen molar-refractivity contribution < 1.29 is 22.4 Å². The monoisotopic (exact) mass is 553 g/mol. The van der Waals surface area contributed by atoms with Crippen molar-refractivity contribution in [3.8, 4) is 0 Å². The number of carbonyl (C=O) groups excluding carboxylic acids is 2. The number of sulfonamides is 1. The Hall–Kier alpha value is -3.72. The van der Waals surface area contributed by atoms with E-state index in [1.54, 1.807) is 25.1 Å². The number of rotatable bonds is 10. The molecule has 7 nitrogen and oxygen atoms in total. The van der Waals surface area contributed by atoms with Gasteiger partial charge in [-0.15, -0.1) is 0 Å². The quantitative estimate of drug-likeness (QED) is 0.381. The number of halogens is 1.